The molecular formula is C15H20N2O2S. The van der Waals surface area contributed by atoms with Crippen LogP contribution in [0, 0.1) is 0 Å². The molecule has 0 spiro atoms. The number of hydrogen-bond donors (Lipinski definition) is 1. The minimum atomic E-state index is -0.464. The molecule has 0 aliphatic carbocycles. The lowest BCUT2D eigenvalue weighted by atomic mass is 10.1. The van der Waals surface area contributed by atoms with Gasteiger partial charge in [0.15, 0.2) is 0 Å². The van der Waals surface area contributed by atoms with E-state index in [0.29, 0.717) is 0 Å². The molecule has 1 saturated heterocycles. The molecule has 108 valence electrons. The monoisotopic (exact) mass is 292 g/mol. The Labute approximate surface area is 123 Å². The highest BCUT2D eigenvalue weighted by molar-refractivity contribution is 7.10. The third-order valence-electron chi connectivity index (χ3n) is 3.34. The Bertz CT molecular complexity index is 476. The SMILES string of the molecule is CC(NC(=O)/C=C/c1cccs1)C(=O)N1CCCCC1. The molecule has 1 fully saturated rings. The van der Waals surface area contributed by atoms with Crippen LogP contribution < -0.4 is 5.32 Å². The zero-order valence-electron chi connectivity index (χ0n) is 11.7. The Hall–Kier alpha value is -1.62. The maximum atomic E-state index is 12.2. The van der Waals surface area contributed by atoms with Gasteiger partial charge in [0.05, 0.1) is 0 Å². The molecule has 5 heteroatoms. The van der Waals surface area contributed by atoms with E-state index < -0.39 is 6.04 Å². The smallest absolute Gasteiger partial charge is 0.244 e. The number of hydrogen-bond acceptors (Lipinski definition) is 3. The van der Waals surface area contributed by atoms with Crippen molar-refractivity contribution in [2.45, 2.75) is 32.2 Å². The molecule has 2 amide bonds. The van der Waals surface area contributed by atoms with Crippen LogP contribution in [0.4, 0.5) is 0 Å². The van der Waals surface area contributed by atoms with E-state index in [4.69, 9.17) is 0 Å². The molecule has 1 aliphatic heterocycles. The summed E-state index contributed by atoms with van der Waals surface area (Å²) in [7, 11) is 0. The topological polar surface area (TPSA) is 49.4 Å². The molecule has 2 rings (SSSR count). The van der Waals surface area contributed by atoms with E-state index >= 15 is 0 Å². The molecule has 1 aromatic heterocycles. The van der Waals surface area contributed by atoms with Crippen LogP contribution in [0.25, 0.3) is 6.08 Å². The highest BCUT2D eigenvalue weighted by Crippen LogP contribution is 2.11. The molecular weight excluding hydrogens is 272 g/mol. The Kier molecular flexibility index (Phi) is 5.35. The molecule has 0 radical (unpaired) electrons. The summed E-state index contributed by atoms with van der Waals surface area (Å²) in [6.45, 7) is 3.36. The molecule has 1 aromatic rings. The summed E-state index contributed by atoms with van der Waals surface area (Å²) in [6.07, 6.45) is 6.55. The van der Waals surface area contributed by atoms with Gasteiger partial charge in [-0.1, -0.05) is 6.07 Å². The van der Waals surface area contributed by atoms with Crippen molar-refractivity contribution in [1.29, 1.82) is 0 Å². The van der Waals surface area contributed by atoms with Crippen molar-refractivity contribution < 1.29 is 9.59 Å². The van der Waals surface area contributed by atoms with E-state index in [1.165, 1.54) is 12.5 Å². The van der Waals surface area contributed by atoms with E-state index in [-0.39, 0.29) is 11.8 Å². The maximum absolute atomic E-state index is 12.2. The molecule has 0 bridgehead atoms. The number of amides is 2. The largest absolute Gasteiger partial charge is 0.341 e. The molecule has 0 saturated carbocycles. The molecule has 1 unspecified atom stereocenters. The molecule has 20 heavy (non-hydrogen) atoms. The Balaban J connectivity index is 1.82. The first-order valence-corrected chi connectivity index (χ1v) is 7.85. The Morgan fingerprint density at radius 2 is 2.10 bits per heavy atom. The van der Waals surface area contributed by atoms with Gasteiger partial charge in [-0.25, -0.2) is 0 Å². The Morgan fingerprint density at radius 1 is 1.35 bits per heavy atom. The van der Waals surface area contributed by atoms with Gasteiger partial charge >= 0.3 is 0 Å². The normalized spacial score (nSPS) is 17.1. The Morgan fingerprint density at radius 3 is 2.75 bits per heavy atom. The minimum Gasteiger partial charge on any atom is -0.341 e. The van der Waals surface area contributed by atoms with Crippen LogP contribution in [0.15, 0.2) is 23.6 Å². The van der Waals surface area contributed by atoms with Crippen LogP contribution in [0.5, 0.6) is 0 Å². The van der Waals surface area contributed by atoms with Crippen molar-refractivity contribution in [3.8, 4) is 0 Å². The van der Waals surface area contributed by atoms with Crippen LogP contribution in [0.2, 0.25) is 0 Å². The van der Waals surface area contributed by atoms with E-state index in [0.717, 1.165) is 30.8 Å². The van der Waals surface area contributed by atoms with Gasteiger partial charge in [-0.2, -0.15) is 0 Å². The number of thiophene rings is 1. The molecule has 1 atom stereocenters. The van der Waals surface area contributed by atoms with Crippen LogP contribution in [0.1, 0.15) is 31.1 Å². The second kappa shape index (κ2) is 7.24. The fourth-order valence-corrected chi connectivity index (χ4v) is 2.87. The van der Waals surface area contributed by atoms with E-state index in [9.17, 15) is 9.59 Å². The first-order chi connectivity index (χ1) is 9.66. The van der Waals surface area contributed by atoms with Crippen LogP contribution >= 0.6 is 11.3 Å². The van der Waals surface area contributed by atoms with Gasteiger partial charge in [0.25, 0.3) is 0 Å². The summed E-state index contributed by atoms with van der Waals surface area (Å²) in [5, 5.41) is 4.69. The van der Waals surface area contributed by atoms with Crippen LogP contribution in [0.3, 0.4) is 0 Å². The lowest BCUT2D eigenvalue weighted by Gasteiger charge is -2.29. The summed E-state index contributed by atoms with van der Waals surface area (Å²) in [5.74, 6) is -0.209. The van der Waals surface area contributed by atoms with Gasteiger partial charge < -0.3 is 10.2 Å². The average molecular weight is 292 g/mol. The lowest BCUT2D eigenvalue weighted by Crippen LogP contribution is -2.48. The molecule has 4 nitrogen and oxygen atoms in total. The van der Waals surface area contributed by atoms with E-state index in [2.05, 4.69) is 5.32 Å². The third kappa shape index (κ3) is 4.20. The zero-order chi connectivity index (χ0) is 14.4. The third-order valence-corrected chi connectivity index (χ3v) is 4.18. The highest BCUT2D eigenvalue weighted by atomic mass is 32.1. The summed E-state index contributed by atoms with van der Waals surface area (Å²) >= 11 is 1.57. The van der Waals surface area contributed by atoms with Gasteiger partial charge in [0, 0.05) is 24.0 Å². The second-order valence-electron chi connectivity index (χ2n) is 4.96. The fourth-order valence-electron chi connectivity index (χ4n) is 2.26. The lowest BCUT2D eigenvalue weighted by molar-refractivity contribution is -0.135. The van der Waals surface area contributed by atoms with Crippen molar-refractivity contribution in [1.82, 2.24) is 10.2 Å². The number of piperidine rings is 1. The van der Waals surface area contributed by atoms with Crippen molar-refractivity contribution in [3.05, 3.63) is 28.5 Å². The summed E-state index contributed by atoms with van der Waals surface area (Å²) < 4.78 is 0. The van der Waals surface area contributed by atoms with Gasteiger partial charge in [0.2, 0.25) is 11.8 Å². The zero-order valence-corrected chi connectivity index (χ0v) is 12.5. The van der Waals surface area contributed by atoms with E-state index in [1.54, 1.807) is 24.3 Å². The number of nitrogens with one attached hydrogen (secondary N) is 1. The molecule has 1 aliphatic rings. The van der Waals surface area contributed by atoms with Crippen molar-refractivity contribution >= 4 is 29.2 Å². The molecule has 1 N–H and O–H groups in total. The summed E-state index contributed by atoms with van der Waals surface area (Å²) in [4.78, 5) is 26.8. The van der Waals surface area contributed by atoms with Gasteiger partial charge in [-0.3, -0.25) is 9.59 Å². The van der Waals surface area contributed by atoms with E-state index in [1.807, 2.05) is 22.4 Å². The first-order valence-electron chi connectivity index (χ1n) is 6.97. The number of likely N-dealkylation sites (tertiary alicyclic amines) is 1. The molecule has 0 aromatic carbocycles. The number of rotatable bonds is 4. The van der Waals surface area contributed by atoms with Gasteiger partial charge in [-0.15, -0.1) is 11.3 Å². The van der Waals surface area contributed by atoms with Crippen molar-refractivity contribution in [2.24, 2.45) is 0 Å². The van der Waals surface area contributed by atoms with Gasteiger partial charge in [-0.05, 0) is 43.7 Å². The predicted octanol–water partition coefficient (Wildman–Crippen LogP) is 2.28. The maximum Gasteiger partial charge on any atom is 0.244 e. The van der Waals surface area contributed by atoms with Crippen LogP contribution in [-0.2, 0) is 9.59 Å². The van der Waals surface area contributed by atoms with Gasteiger partial charge in [0.1, 0.15) is 6.04 Å². The number of carbonyl (C=O) groups excluding carboxylic acids is 2. The summed E-state index contributed by atoms with van der Waals surface area (Å²) in [6, 6.07) is 3.41. The van der Waals surface area contributed by atoms with Crippen molar-refractivity contribution in [2.75, 3.05) is 13.1 Å². The van der Waals surface area contributed by atoms with Crippen LogP contribution in [-0.4, -0.2) is 35.8 Å². The predicted molar refractivity (Wildman–Crippen MR) is 81.4 cm³/mol. The summed E-state index contributed by atoms with van der Waals surface area (Å²) in [5.41, 5.74) is 0. The van der Waals surface area contributed by atoms with Crippen molar-refractivity contribution in [3.63, 3.8) is 0 Å². The standard InChI is InChI=1S/C15H20N2O2S/c1-12(15(19)17-9-3-2-4-10-17)16-14(18)8-7-13-6-5-11-20-13/h5-8,11-12H,2-4,9-10H2,1H3,(H,16,18)/b8-7+. The number of carbonyl (C=O) groups is 2. The highest BCUT2D eigenvalue weighted by Gasteiger charge is 2.22. The first kappa shape index (κ1) is 14.8. The number of nitrogens with zero attached hydrogens (tertiary/aromatic N) is 1. The fraction of sp³-hybridized carbons (Fsp3) is 0.467. The second-order valence-corrected chi connectivity index (χ2v) is 5.94. The minimum absolute atomic E-state index is 0.0163. The average Bonchev–Trinajstić information content (AvgIpc) is 2.98. The quantitative estimate of drug-likeness (QED) is 0.866. The molecule has 2 heterocycles.